The summed E-state index contributed by atoms with van der Waals surface area (Å²) in [5.74, 6) is 2.32. The van der Waals surface area contributed by atoms with Gasteiger partial charge in [0.25, 0.3) is 0 Å². The van der Waals surface area contributed by atoms with Crippen molar-refractivity contribution < 1.29 is 9.53 Å². The molecule has 2 aromatic rings. The summed E-state index contributed by atoms with van der Waals surface area (Å²) >= 11 is 1.81. The zero-order valence-corrected chi connectivity index (χ0v) is 14.8. The molecule has 0 bridgehead atoms. The Morgan fingerprint density at radius 3 is 3.08 bits per heavy atom. The number of nitrogens with zero attached hydrogens (tertiary/aromatic N) is 3. The van der Waals surface area contributed by atoms with Crippen LogP contribution in [-0.4, -0.2) is 45.7 Å². The number of aromatic nitrogens is 3. The Hall–Kier alpha value is -1.73. The summed E-state index contributed by atoms with van der Waals surface area (Å²) in [5, 5.41) is 7.15. The molecule has 3 heterocycles. The van der Waals surface area contributed by atoms with Crippen molar-refractivity contribution in [2.24, 2.45) is 5.92 Å². The van der Waals surface area contributed by atoms with Gasteiger partial charge in [0.05, 0.1) is 13.2 Å². The molecule has 1 saturated carbocycles. The summed E-state index contributed by atoms with van der Waals surface area (Å²) < 4.78 is 5.78. The first-order valence-corrected chi connectivity index (χ1v) is 9.35. The van der Waals surface area contributed by atoms with Crippen LogP contribution in [0.5, 0.6) is 0 Å². The van der Waals surface area contributed by atoms with Crippen molar-refractivity contribution in [2.45, 2.75) is 38.7 Å². The molecule has 3 atom stereocenters. The number of nitrogens with one attached hydrogen (secondary N) is 1. The van der Waals surface area contributed by atoms with Gasteiger partial charge in [-0.05, 0) is 25.5 Å². The number of amides is 1. The van der Waals surface area contributed by atoms with Crippen molar-refractivity contribution >= 4 is 17.2 Å². The molecule has 4 rings (SSSR count). The van der Waals surface area contributed by atoms with Gasteiger partial charge in [0.2, 0.25) is 5.91 Å². The minimum absolute atomic E-state index is 0.139. The average molecular weight is 346 g/mol. The van der Waals surface area contributed by atoms with Gasteiger partial charge in [0, 0.05) is 34.6 Å². The minimum Gasteiger partial charge on any atom is -0.366 e. The van der Waals surface area contributed by atoms with Crippen molar-refractivity contribution in [3.63, 3.8) is 0 Å². The Morgan fingerprint density at radius 1 is 1.50 bits per heavy atom. The number of carbonyl (C=O) groups is 1. The van der Waals surface area contributed by atoms with Gasteiger partial charge < -0.3 is 9.64 Å². The fourth-order valence-corrected chi connectivity index (χ4v) is 4.34. The van der Waals surface area contributed by atoms with Crippen LogP contribution in [0, 0.1) is 12.8 Å². The molecule has 1 N–H and O–H groups in total. The number of aryl methyl sites for hydroxylation is 2. The number of thiophene rings is 1. The lowest BCUT2D eigenvalue weighted by Gasteiger charge is -2.31. The third-order valence-corrected chi connectivity index (χ3v) is 5.92. The monoisotopic (exact) mass is 346 g/mol. The third-order valence-electron chi connectivity index (χ3n) is 4.78. The van der Waals surface area contributed by atoms with Crippen molar-refractivity contribution in [2.75, 3.05) is 19.7 Å². The Bertz CT molecular complexity index is 741. The molecule has 0 spiro atoms. The number of hydrogen-bond donors (Lipinski definition) is 1. The van der Waals surface area contributed by atoms with Crippen molar-refractivity contribution in [1.82, 2.24) is 20.1 Å². The standard InChI is InChI=1S/C17H22N4O2S/c1-3-15-18-16(20-19-15)13-9-21(6-7-23-13)17(22)12-8-11(12)14-5-4-10(2)24-14/h4-5,11-13H,3,6-9H2,1-2H3,(H,18,19,20)/t11-,12+,13+/m1/s1. The molecule has 0 radical (unpaired) electrons. The van der Waals surface area contributed by atoms with Gasteiger partial charge in [-0.1, -0.05) is 6.92 Å². The van der Waals surface area contributed by atoms with E-state index < -0.39 is 0 Å². The van der Waals surface area contributed by atoms with Crippen LogP contribution in [0.25, 0.3) is 0 Å². The SMILES string of the molecule is CCc1nc([C@@H]2CN(C(=O)[C@H]3C[C@H]3c3ccc(C)s3)CCO2)n[nH]1. The number of aromatic amines is 1. The van der Waals surface area contributed by atoms with E-state index in [1.807, 2.05) is 23.2 Å². The molecule has 24 heavy (non-hydrogen) atoms. The van der Waals surface area contributed by atoms with E-state index in [1.54, 1.807) is 0 Å². The van der Waals surface area contributed by atoms with Gasteiger partial charge in [0.15, 0.2) is 5.82 Å². The lowest BCUT2D eigenvalue weighted by atomic mass is 10.2. The third kappa shape index (κ3) is 2.98. The molecule has 2 aliphatic rings. The Balaban J connectivity index is 1.40. The maximum atomic E-state index is 12.8. The number of H-pyrrole nitrogens is 1. The number of rotatable bonds is 4. The highest BCUT2D eigenvalue weighted by Gasteiger charge is 2.47. The van der Waals surface area contributed by atoms with E-state index in [9.17, 15) is 4.79 Å². The van der Waals surface area contributed by atoms with Crippen LogP contribution < -0.4 is 0 Å². The largest absolute Gasteiger partial charge is 0.366 e. The molecule has 2 fully saturated rings. The first-order chi connectivity index (χ1) is 11.7. The maximum absolute atomic E-state index is 12.8. The Morgan fingerprint density at radius 2 is 2.38 bits per heavy atom. The summed E-state index contributed by atoms with van der Waals surface area (Å²) in [6.45, 7) is 5.89. The summed E-state index contributed by atoms with van der Waals surface area (Å²) in [6, 6.07) is 4.30. The second-order valence-electron chi connectivity index (χ2n) is 6.53. The molecule has 6 nitrogen and oxygen atoms in total. The molecule has 0 unspecified atom stereocenters. The highest BCUT2D eigenvalue weighted by molar-refractivity contribution is 7.12. The molecule has 1 amide bonds. The molecule has 1 saturated heterocycles. The molecule has 1 aliphatic heterocycles. The van der Waals surface area contributed by atoms with Crippen LogP contribution >= 0.6 is 11.3 Å². The van der Waals surface area contributed by atoms with Crippen LogP contribution in [0.4, 0.5) is 0 Å². The van der Waals surface area contributed by atoms with Crippen LogP contribution in [-0.2, 0) is 16.0 Å². The number of ether oxygens (including phenoxy) is 1. The fourth-order valence-electron chi connectivity index (χ4n) is 3.29. The molecule has 0 aromatic carbocycles. The summed E-state index contributed by atoms with van der Waals surface area (Å²) in [4.78, 5) is 21.8. The van der Waals surface area contributed by atoms with E-state index in [0.717, 1.165) is 18.7 Å². The van der Waals surface area contributed by atoms with E-state index in [4.69, 9.17) is 4.74 Å². The lowest BCUT2D eigenvalue weighted by Crippen LogP contribution is -2.43. The van der Waals surface area contributed by atoms with E-state index in [-0.39, 0.29) is 17.9 Å². The Kier molecular flexibility index (Phi) is 4.14. The van der Waals surface area contributed by atoms with Gasteiger partial charge in [0.1, 0.15) is 11.9 Å². The van der Waals surface area contributed by atoms with Gasteiger partial charge in [-0.15, -0.1) is 11.3 Å². The summed E-state index contributed by atoms with van der Waals surface area (Å²) in [6.07, 6.45) is 1.56. The number of carbonyl (C=O) groups excluding carboxylic acids is 1. The molecule has 128 valence electrons. The summed E-state index contributed by atoms with van der Waals surface area (Å²) in [5.41, 5.74) is 0. The van der Waals surface area contributed by atoms with Crippen molar-refractivity contribution in [1.29, 1.82) is 0 Å². The lowest BCUT2D eigenvalue weighted by molar-refractivity contribution is -0.140. The summed E-state index contributed by atoms with van der Waals surface area (Å²) in [7, 11) is 0. The normalized spacial score (nSPS) is 26.6. The van der Waals surface area contributed by atoms with Crippen LogP contribution in [0.1, 0.15) is 46.8 Å². The Labute approximate surface area is 145 Å². The second kappa shape index (κ2) is 6.29. The van der Waals surface area contributed by atoms with Crippen LogP contribution in [0.15, 0.2) is 12.1 Å². The van der Waals surface area contributed by atoms with Crippen molar-refractivity contribution in [3.05, 3.63) is 33.5 Å². The minimum atomic E-state index is -0.222. The van der Waals surface area contributed by atoms with E-state index >= 15 is 0 Å². The predicted octanol–water partition coefficient (Wildman–Crippen LogP) is 2.44. The first-order valence-electron chi connectivity index (χ1n) is 8.53. The van der Waals surface area contributed by atoms with E-state index in [0.29, 0.717) is 31.4 Å². The van der Waals surface area contributed by atoms with Crippen LogP contribution in [0.2, 0.25) is 0 Å². The highest BCUT2D eigenvalue weighted by Crippen LogP contribution is 2.50. The average Bonchev–Trinajstić information content (AvgIpc) is 3.04. The molecular formula is C17H22N4O2S. The maximum Gasteiger partial charge on any atom is 0.226 e. The quantitative estimate of drug-likeness (QED) is 0.923. The molecule has 2 aromatic heterocycles. The molecular weight excluding hydrogens is 324 g/mol. The highest BCUT2D eigenvalue weighted by atomic mass is 32.1. The smallest absolute Gasteiger partial charge is 0.226 e. The van der Waals surface area contributed by atoms with Gasteiger partial charge in [-0.25, -0.2) is 4.98 Å². The van der Waals surface area contributed by atoms with Gasteiger partial charge in [-0.3, -0.25) is 9.89 Å². The van der Waals surface area contributed by atoms with E-state index in [1.165, 1.54) is 9.75 Å². The van der Waals surface area contributed by atoms with E-state index in [2.05, 4.69) is 34.2 Å². The number of hydrogen-bond acceptors (Lipinski definition) is 5. The van der Waals surface area contributed by atoms with Gasteiger partial charge in [-0.2, -0.15) is 5.10 Å². The predicted molar refractivity (Wildman–Crippen MR) is 90.9 cm³/mol. The fraction of sp³-hybridized carbons (Fsp3) is 0.588. The van der Waals surface area contributed by atoms with Gasteiger partial charge >= 0.3 is 0 Å². The topological polar surface area (TPSA) is 71.1 Å². The molecule has 7 heteroatoms. The van der Waals surface area contributed by atoms with Crippen LogP contribution in [0.3, 0.4) is 0 Å². The zero-order valence-electron chi connectivity index (χ0n) is 14.0. The molecule has 1 aliphatic carbocycles. The first kappa shape index (κ1) is 15.8. The van der Waals surface area contributed by atoms with Crippen molar-refractivity contribution in [3.8, 4) is 0 Å². The number of morpholine rings is 1. The second-order valence-corrected chi connectivity index (χ2v) is 7.85. The zero-order chi connectivity index (χ0) is 16.7.